The molecule has 160 valence electrons. The number of benzene rings is 1. The predicted molar refractivity (Wildman–Crippen MR) is 112 cm³/mol. The standard InChI is InChI=1S/C24H40O4/c1-3-5-7-9-11-13-15-23(24(26)27)28-21-18-16-20(17-19-21)22(25)14-12-10-8-6-4-2/h16-19,22-23,25H,3-15H2,1-2H3,(H,26,27)/p-1. The van der Waals surface area contributed by atoms with Crippen LogP contribution in [-0.4, -0.2) is 17.2 Å². The Labute approximate surface area is 171 Å². The summed E-state index contributed by atoms with van der Waals surface area (Å²) in [5.74, 6) is -0.649. The van der Waals surface area contributed by atoms with E-state index in [-0.39, 0.29) is 0 Å². The molecule has 0 saturated carbocycles. The molecule has 28 heavy (non-hydrogen) atoms. The maximum atomic E-state index is 11.4. The summed E-state index contributed by atoms with van der Waals surface area (Å²) in [5.41, 5.74) is 0.851. The van der Waals surface area contributed by atoms with Crippen LogP contribution in [0.5, 0.6) is 5.75 Å². The number of aliphatic hydroxyl groups is 1. The van der Waals surface area contributed by atoms with Gasteiger partial charge in [-0.3, -0.25) is 0 Å². The lowest BCUT2D eigenvalue weighted by atomic mass is 10.0. The molecule has 1 aromatic carbocycles. The van der Waals surface area contributed by atoms with Gasteiger partial charge in [-0.1, -0.05) is 90.2 Å². The summed E-state index contributed by atoms with van der Waals surface area (Å²) in [6.45, 7) is 4.37. The molecule has 4 heteroatoms. The van der Waals surface area contributed by atoms with Crippen LogP contribution in [0.1, 0.15) is 109 Å². The number of carboxylic acids is 1. The fourth-order valence-electron chi connectivity index (χ4n) is 3.38. The van der Waals surface area contributed by atoms with Crippen molar-refractivity contribution >= 4 is 5.97 Å². The minimum absolute atomic E-state index is 0.469. The zero-order valence-electron chi connectivity index (χ0n) is 17.8. The van der Waals surface area contributed by atoms with Gasteiger partial charge in [-0.2, -0.15) is 0 Å². The van der Waals surface area contributed by atoms with Crippen molar-refractivity contribution in [2.24, 2.45) is 0 Å². The molecule has 0 aliphatic carbocycles. The molecule has 0 heterocycles. The van der Waals surface area contributed by atoms with Gasteiger partial charge in [0.15, 0.2) is 0 Å². The molecule has 0 fully saturated rings. The van der Waals surface area contributed by atoms with Crippen molar-refractivity contribution in [3.05, 3.63) is 29.8 Å². The minimum atomic E-state index is -1.16. The molecule has 0 bridgehead atoms. The molecule has 0 amide bonds. The topological polar surface area (TPSA) is 69.6 Å². The first-order valence-electron chi connectivity index (χ1n) is 11.2. The summed E-state index contributed by atoms with van der Waals surface area (Å²) in [7, 11) is 0. The lowest BCUT2D eigenvalue weighted by molar-refractivity contribution is -0.313. The van der Waals surface area contributed by atoms with Crippen LogP contribution in [-0.2, 0) is 4.79 Å². The second-order valence-electron chi connectivity index (χ2n) is 7.77. The number of carbonyl (C=O) groups excluding carboxylic acids is 1. The van der Waals surface area contributed by atoms with E-state index in [2.05, 4.69) is 13.8 Å². The second kappa shape index (κ2) is 15.4. The van der Waals surface area contributed by atoms with Gasteiger partial charge in [-0.15, -0.1) is 0 Å². The Morgan fingerprint density at radius 1 is 0.857 bits per heavy atom. The third-order valence-electron chi connectivity index (χ3n) is 5.21. The molecule has 0 aliphatic heterocycles. The number of aliphatic carboxylic acids is 1. The number of unbranched alkanes of at least 4 members (excludes halogenated alkanes) is 9. The number of carboxylic acid groups (broad SMARTS) is 1. The van der Waals surface area contributed by atoms with E-state index in [1.54, 1.807) is 12.1 Å². The minimum Gasteiger partial charge on any atom is -0.546 e. The molecule has 1 aromatic rings. The molecule has 0 aromatic heterocycles. The first-order valence-corrected chi connectivity index (χ1v) is 11.2. The van der Waals surface area contributed by atoms with E-state index in [0.29, 0.717) is 12.2 Å². The van der Waals surface area contributed by atoms with Crippen molar-refractivity contribution in [2.45, 2.75) is 110 Å². The summed E-state index contributed by atoms with van der Waals surface area (Å²) >= 11 is 0. The zero-order chi connectivity index (χ0) is 20.6. The quantitative estimate of drug-likeness (QED) is 0.364. The molecular weight excluding hydrogens is 352 g/mol. The van der Waals surface area contributed by atoms with Crippen LogP contribution in [0.25, 0.3) is 0 Å². The molecule has 0 saturated heterocycles. The first kappa shape index (κ1) is 24.5. The lowest BCUT2D eigenvalue weighted by Gasteiger charge is -2.20. The van der Waals surface area contributed by atoms with E-state index < -0.39 is 18.2 Å². The largest absolute Gasteiger partial charge is 0.546 e. The van der Waals surface area contributed by atoms with Crippen LogP contribution in [0.3, 0.4) is 0 Å². The highest BCUT2D eigenvalue weighted by molar-refractivity contribution is 5.70. The molecule has 1 rings (SSSR count). The highest BCUT2D eigenvalue weighted by Crippen LogP contribution is 2.23. The Bertz CT molecular complexity index is 512. The Kier molecular flexibility index (Phi) is 13.5. The molecule has 0 aliphatic rings. The molecule has 2 unspecified atom stereocenters. The van der Waals surface area contributed by atoms with Crippen molar-refractivity contribution in [2.75, 3.05) is 0 Å². The molecule has 1 N–H and O–H groups in total. The number of ether oxygens (including phenoxy) is 1. The molecule has 4 nitrogen and oxygen atoms in total. The van der Waals surface area contributed by atoms with Gasteiger partial charge in [-0.25, -0.2) is 0 Å². The Morgan fingerprint density at radius 3 is 1.89 bits per heavy atom. The summed E-state index contributed by atoms with van der Waals surface area (Å²) in [5, 5.41) is 21.7. The second-order valence-corrected chi connectivity index (χ2v) is 7.77. The van der Waals surface area contributed by atoms with Crippen molar-refractivity contribution < 1.29 is 19.7 Å². The summed E-state index contributed by atoms with van der Waals surface area (Å²) in [6, 6.07) is 7.13. The normalized spacial score (nSPS) is 13.2. The van der Waals surface area contributed by atoms with E-state index in [1.807, 2.05) is 12.1 Å². The summed E-state index contributed by atoms with van der Waals surface area (Å²) < 4.78 is 5.62. The SMILES string of the molecule is CCCCCCCCC(Oc1ccc(C(O)CCCCCCC)cc1)C(=O)[O-]. The molecule has 0 radical (unpaired) electrons. The van der Waals surface area contributed by atoms with E-state index in [1.165, 1.54) is 38.5 Å². The number of hydrogen-bond acceptors (Lipinski definition) is 4. The van der Waals surface area contributed by atoms with Crippen molar-refractivity contribution in [1.29, 1.82) is 0 Å². The van der Waals surface area contributed by atoms with Crippen molar-refractivity contribution in [1.82, 2.24) is 0 Å². The number of carbonyl (C=O) groups is 1. The highest BCUT2D eigenvalue weighted by Gasteiger charge is 2.13. The fraction of sp³-hybridized carbons (Fsp3) is 0.708. The van der Waals surface area contributed by atoms with Crippen LogP contribution in [0.2, 0.25) is 0 Å². The van der Waals surface area contributed by atoms with E-state index in [4.69, 9.17) is 4.74 Å². The Balaban J connectivity index is 2.39. The van der Waals surface area contributed by atoms with Gasteiger partial charge in [0.1, 0.15) is 11.9 Å². The average Bonchev–Trinajstić information content (AvgIpc) is 2.69. The van der Waals surface area contributed by atoms with Crippen molar-refractivity contribution in [3.63, 3.8) is 0 Å². The van der Waals surface area contributed by atoms with Crippen LogP contribution >= 0.6 is 0 Å². The molecular formula is C24H39O4-. The molecule has 0 spiro atoms. The monoisotopic (exact) mass is 391 g/mol. The predicted octanol–water partition coefficient (Wildman–Crippen LogP) is 5.33. The van der Waals surface area contributed by atoms with Gasteiger partial charge < -0.3 is 19.7 Å². The number of aliphatic hydroxyl groups excluding tert-OH is 1. The third kappa shape index (κ3) is 10.7. The summed E-state index contributed by atoms with van der Waals surface area (Å²) in [6.07, 6.45) is 12.3. The highest BCUT2D eigenvalue weighted by atomic mass is 16.5. The van der Waals surface area contributed by atoms with Gasteiger partial charge >= 0.3 is 0 Å². The van der Waals surface area contributed by atoms with Crippen LogP contribution < -0.4 is 9.84 Å². The van der Waals surface area contributed by atoms with E-state index in [9.17, 15) is 15.0 Å². The van der Waals surface area contributed by atoms with Gasteiger partial charge in [0.25, 0.3) is 0 Å². The Hall–Kier alpha value is -1.55. The summed E-state index contributed by atoms with van der Waals surface area (Å²) in [4.78, 5) is 11.4. The van der Waals surface area contributed by atoms with Gasteiger partial charge in [-0.05, 0) is 37.0 Å². The first-order chi connectivity index (χ1) is 13.6. The van der Waals surface area contributed by atoms with Gasteiger partial charge in [0, 0.05) is 0 Å². The fourth-order valence-corrected chi connectivity index (χ4v) is 3.38. The smallest absolute Gasteiger partial charge is 0.138 e. The van der Waals surface area contributed by atoms with E-state index >= 15 is 0 Å². The third-order valence-corrected chi connectivity index (χ3v) is 5.21. The average molecular weight is 392 g/mol. The maximum Gasteiger partial charge on any atom is 0.138 e. The van der Waals surface area contributed by atoms with Gasteiger partial charge in [0.05, 0.1) is 12.1 Å². The maximum absolute atomic E-state index is 11.4. The number of hydrogen-bond donors (Lipinski definition) is 1. The lowest BCUT2D eigenvalue weighted by Crippen LogP contribution is -2.39. The van der Waals surface area contributed by atoms with Crippen LogP contribution in [0, 0.1) is 0 Å². The van der Waals surface area contributed by atoms with Crippen molar-refractivity contribution in [3.8, 4) is 5.75 Å². The van der Waals surface area contributed by atoms with Crippen LogP contribution in [0.4, 0.5) is 0 Å². The van der Waals surface area contributed by atoms with Crippen LogP contribution in [0.15, 0.2) is 24.3 Å². The number of rotatable bonds is 17. The van der Waals surface area contributed by atoms with Gasteiger partial charge in [0.2, 0.25) is 0 Å². The Morgan fingerprint density at radius 2 is 1.36 bits per heavy atom. The van der Waals surface area contributed by atoms with E-state index in [0.717, 1.165) is 44.1 Å². The molecule has 2 atom stereocenters. The zero-order valence-corrected chi connectivity index (χ0v) is 17.8.